The molecule has 22 heavy (non-hydrogen) atoms. The quantitative estimate of drug-likeness (QED) is 0.696. The van der Waals surface area contributed by atoms with Crippen molar-refractivity contribution in [3.63, 3.8) is 0 Å². The SMILES string of the molecule is CCC([SiH3])C(C(=O)O)C(C(=O)O)c1cccc(OC)c1OC. The highest BCUT2D eigenvalue weighted by molar-refractivity contribution is 6.14. The molecular formula is C15H22O6Si. The first-order valence-electron chi connectivity index (χ1n) is 7.05. The van der Waals surface area contributed by atoms with Crippen molar-refractivity contribution in [2.24, 2.45) is 5.92 Å². The van der Waals surface area contributed by atoms with Crippen LogP contribution in [0.15, 0.2) is 18.2 Å². The van der Waals surface area contributed by atoms with Gasteiger partial charge >= 0.3 is 11.9 Å². The molecule has 0 aliphatic carbocycles. The van der Waals surface area contributed by atoms with Gasteiger partial charge in [0.25, 0.3) is 0 Å². The molecule has 0 fully saturated rings. The molecule has 122 valence electrons. The molecule has 0 bridgehead atoms. The summed E-state index contributed by atoms with van der Waals surface area (Å²) in [5.74, 6) is -3.78. The highest BCUT2D eigenvalue weighted by Crippen LogP contribution is 2.42. The molecule has 0 amide bonds. The molecule has 3 atom stereocenters. The van der Waals surface area contributed by atoms with Crippen LogP contribution in [0.2, 0.25) is 5.54 Å². The Morgan fingerprint density at radius 1 is 1.18 bits per heavy atom. The van der Waals surface area contributed by atoms with Gasteiger partial charge < -0.3 is 19.7 Å². The van der Waals surface area contributed by atoms with Crippen molar-refractivity contribution in [2.45, 2.75) is 24.8 Å². The summed E-state index contributed by atoms with van der Waals surface area (Å²) >= 11 is 0. The third-order valence-electron chi connectivity index (χ3n) is 3.94. The fraction of sp³-hybridized carbons (Fsp3) is 0.467. The first-order valence-corrected chi connectivity index (χ1v) is 8.20. The van der Waals surface area contributed by atoms with Gasteiger partial charge in [-0.2, -0.15) is 0 Å². The lowest BCUT2D eigenvalue weighted by Crippen LogP contribution is -2.32. The number of benzene rings is 1. The molecule has 1 aromatic rings. The normalized spacial score (nSPS) is 14.9. The minimum absolute atomic E-state index is 0.158. The van der Waals surface area contributed by atoms with Crippen LogP contribution in [0.5, 0.6) is 11.5 Å². The number of hydrogen-bond acceptors (Lipinski definition) is 4. The smallest absolute Gasteiger partial charge is 0.312 e. The van der Waals surface area contributed by atoms with Crippen molar-refractivity contribution in [2.75, 3.05) is 14.2 Å². The molecule has 0 saturated heterocycles. The van der Waals surface area contributed by atoms with Gasteiger partial charge in [0, 0.05) is 15.8 Å². The maximum absolute atomic E-state index is 11.8. The Bertz CT molecular complexity index is 545. The zero-order chi connectivity index (χ0) is 16.9. The average Bonchev–Trinajstić information content (AvgIpc) is 2.50. The van der Waals surface area contributed by atoms with E-state index < -0.39 is 23.8 Å². The summed E-state index contributed by atoms with van der Waals surface area (Å²) in [4.78, 5) is 23.4. The van der Waals surface area contributed by atoms with Crippen LogP contribution >= 0.6 is 0 Å². The number of carboxylic acid groups (broad SMARTS) is 2. The standard InChI is InChI=1S/C15H22O6Si/c1-4-10(22)12(15(18)19)11(14(16)17)8-6-5-7-9(20-2)13(8)21-3/h5-7,10-12H,4H2,1-3,22H3,(H,16,17)(H,18,19). The van der Waals surface area contributed by atoms with Crippen LogP contribution in [0, 0.1) is 5.92 Å². The maximum atomic E-state index is 11.8. The van der Waals surface area contributed by atoms with Gasteiger partial charge in [-0.1, -0.05) is 25.5 Å². The number of aliphatic carboxylic acids is 2. The van der Waals surface area contributed by atoms with Crippen LogP contribution in [0.25, 0.3) is 0 Å². The predicted molar refractivity (Wildman–Crippen MR) is 85.0 cm³/mol. The minimum atomic E-state index is -1.18. The van der Waals surface area contributed by atoms with Crippen LogP contribution in [0.4, 0.5) is 0 Å². The molecule has 0 aliphatic rings. The summed E-state index contributed by atoms with van der Waals surface area (Å²) < 4.78 is 10.4. The van der Waals surface area contributed by atoms with Gasteiger partial charge in [-0.25, -0.2) is 0 Å². The van der Waals surface area contributed by atoms with E-state index in [0.29, 0.717) is 28.0 Å². The van der Waals surface area contributed by atoms with Crippen molar-refractivity contribution in [1.29, 1.82) is 0 Å². The van der Waals surface area contributed by atoms with Crippen molar-refractivity contribution in [1.82, 2.24) is 0 Å². The fourth-order valence-corrected chi connectivity index (χ4v) is 3.28. The van der Waals surface area contributed by atoms with Gasteiger partial charge in [0.15, 0.2) is 11.5 Å². The van der Waals surface area contributed by atoms with Gasteiger partial charge in [-0.15, -0.1) is 0 Å². The molecule has 3 unspecified atom stereocenters. The van der Waals surface area contributed by atoms with E-state index in [2.05, 4.69) is 0 Å². The van der Waals surface area contributed by atoms with E-state index in [9.17, 15) is 19.8 Å². The van der Waals surface area contributed by atoms with Crippen molar-refractivity contribution in [3.05, 3.63) is 23.8 Å². The van der Waals surface area contributed by atoms with Crippen molar-refractivity contribution in [3.8, 4) is 11.5 Å². The number of methoxy groups -OCH3 is 2. The molecular weight excluding hydrogens is 304 g/mol. The molecule has 0 spiro atoms. The molecule has 7 heteroatoms. The van der Waals surface area contributed by atoms with E-state index in [1.165, 1.54) is 14.2 Å². The van der Waals surface area contributed by atoms with Crippen molar-refractivity contribution < 1.29 is 29.3 Å². The average molecular weight is 326 g/mol. The van der Waals surface area contributed by atoms with Crippen LogP contribution in [-0.4, -0.2) is 46.6 Å². The van der Waals surface area contributed by atoms with Crippen LogP contribution in [0.3, 0.4) is 0 Å². The van der Waals surface area contributed by atoms with E-state index in [-0.39, 0.29) is 11.3 Å². The third kappa shape index (κ3) is 3.59. The summed E-state index contributed by atoms with van der Waals surface area (Å²) in [7, 11) is 3.46. The lowest BCUT2D eigenvalue weighted by atomic mass is 9.82. The number of hydrogen-bond donors (Lipinski definition) is 2. The Balaban J connectivity index is 3.49. The van der Waals surface area contributed by atoms with Gasteiger partial charge in [-0.05, 0) is 11.6 Å². The molecule has 0 radical (unpaired) electrons. The van der Waals surface area contributed by atoms with Gasteiger partial charge in [-0.3, -0.25) is 9.59 Å². The molecule has 2 N–H and O–H groups in total. The van der Waals surface area contributed by atoms with E-state index >= 15 is 0 Å². The Morgan fingerprint density at radius 3 is 2.23 bits per heavy atom. The second kappa shape index (κ2) is 7.84. The number of para-hydroxylation sites is 1. The Morgan fingerprint density at radius 2 is 1.82 bits per heavy atom. The number of carbonyl (C=O) groups is 2. The largest absolute Gasteiger partial charge is 0.493 e. The topological polar surface area (TPSA) is 93.1 Å². The molecule has 6 nitrogen and oxygen atoms in total. The zero-order valence-corrected chi connectivity index (χ0v) is 15.2. The fourth-order valence-electron chi connectivity index (χ4n) is 2.61. The van der Waals surface area contributed by atoms with Gasteiger partial charge in [0.05, 0.1) is 26.1 Å². The molecule has 0 aromatic heterocycles. The minimum Gasteiger partial charge on any atom is -0.493 e. The number of carboxylic acids is 2. The summed E-state index contributed by atoms with van der Waals surface area (Å²) in [6.45, 7) is 1.87. The second-order valence-corrected chi connectivity index (χ2v) is 6.63. The van der Waals surface area contributed by atoms with Gasteiger partial charge in [0.1, 0.15) is 0 Å². The second-order valence-electron chi connectivity index (χ2n) is 5.15. The third-order valence-corrected chi connectivity index (χ3v) is 5.47. The van der Waals surface area contributed by atoms with E-state index in [4.69, 9.17) is 9.47 Å². The Kier molecular flexibility index (Phi) is 6.42. The van der Waals surface area contributed by atoms with Crippen molar-refractivity contribution >= 4 is 22.2 Å². The molecule has 0 aliphatic heterocycles. The summed E-state index contributed by atoms with van der Waals surface area (Å²) in [5.41, 5.74) is 0.172. The van der Waals surface area contributed by atoms with Crippen LogP contribution in [-0.2, 0) is 9.59 Å². The summed E-state index contributed by atoms with van der Waals surface area (Å²) in [6.07, 6.45) is 0.624. The predicted octanol–water partition coefficient (Wildman–Crippen LogP) is 1.14. The monoisotopic (exact) mass is 326 g/mol. The molecule has 1 rings (SSSR count). The molecule has 1 aromatic carbocycles. The van der Waals surface area contributed by atoms with Crippen LogP contribution < -0.4 is 9.47 Å². The number of ether oxygens (including phenoxy) is 2. The molecule has 0 saturated carbocycles. The van der Waals surface area contributed by atoms with E-state index in [1.54, 1.807) is 18.2 Å². The Labute approximate surface area is 132 Å². The molecule has 0 heterocycles. The number of rotatable bonds is 8. The van der Waals surface area contributed by atoms with E-state index in [1.807, 2.05) is 6.92 Å². The lowest BCUT2D eigenvalue weighted by molar-refractivity contribution is -0.150. The Hall–Kier alpha value is -2.02. The first kappa shape index (κ1) is 18.0. The maximum Gasteiger partial charge on any atom is 0.312 e. The van der Waals surface area contributed by atoms with Crippen LogP contribution in [0.1, 0.15) is 24.8 Å². The first-order chi connectivity index (χ1) is 10.4. The summed E-state index contributed by atoms with van der Waals surface area (Å²) in [5, 5.41) is 19.2. The highest BCUT2D eigenvalue weighted by atomic mass is 28.1. The van der Waals surface area contributed by atoms with Gasteiger partial charge in [0.2, 0.25) is 0 Å². The lowest BCUT2D eigenvalue weighted by Gasteiger charge is -2.27. The highest BCUT2D eigenvalue weighted by Gasteiger charge is 2.40. The zero-order valence-electron chi connectivity index (χ0n) is 13.2. The summed E-state index contributed by atoms with van der Waals surface area (Å²) in [6, 6.07) is 4.87. The van der Waals surface area contributed by atoms with E-state index in [0.717, 1.165) is 0 Å².